The van der Waals surface area contributed by atoms with Gasteiger partial charge in [0.05, 0.1) is 65.2 Å². The average Bonchev–Trinajstić information content (AvgIpc) is 3.05. The number of methoxy groups -OCH3 is 6. The second-order valence-electron chi connectivity index (χ2n) is 9.96. The second-order valence-corrected chi connectivity index (χ2v) is 9.96. The van der Waals surface area contributed by atoms with Gasteiger partial charge in [0.15, 0.2) is 28.8 Å². The van der Waals surface area contributed by atoms with Crippen molar-refractivity contribution in [2.45, 2.75) is 13.8 Å². The number of ketones is 1. The molecule has 0 radical (unpaired) electrons. The highest BCUT2D eigenvalue weighted by Gasteiger charge is 2.28. The van der Waals surface area contributed by atoms with Crippen LogP contribution in [0.2, 0.25) is 0 Å². The minimum Gasteiger partial charge on any atom is -0.496 e. The van der Waals surface area contributed by atoms with Crippen LogP contribution in [0.25, 0.3) is 22.3 Å². The van der Waals surface area contributed by atoms with Gasteiger partial charge in [-0.15, -0.1) is 0 Å². The number of nitrogens with one attached hydrogen (secondary N) is 2. The number of benzene rings is 4. The Kier molecular flexibility index (Phi) is 9.78. The van der Waals surface area contributed by atoms with E-state index in [0.29, 0.717) is 68.1 Å². The summed E-state index contributed by atoms with van der Waals surface area (Å²) < 4.78 is 34.6. The number of hydrogen-bond donors (Lipinski definition) is 2. The summed E-state index contributed by atoms with van der Waals surface area (Å²) in [6, 6.07) is 14.9. The summed E-state index contributed by atoms with van der Waals surface area (Å²) in [7, 11) is 13.1. The molecule has 0 saturated carbocycles. The van der Waals surface area contributed by atoms with Gasteiger partial charge in [0.1, 0.15) is 11.5 Å². The van der Waals surface area contributed by atoms with Crippen LogP contribution < -0.4 is 39.1 Å². The van der Waals surface area contributed by atoms with E-state index < -0.39 is 0 Å². The Morgan fingerprint density at radius 1 is 0.545 bits per heavy atom. The molecule has 0 heterocycles. The van der Waals surface area contributed by atoms with Crippen molar-refractivity contribution in [1.82, 2.24) is 0 Å². The van der Waals surface area contributed by atoms with E-state index in [1.54, 1.807) is 68.9 Å². The fourth-order valence-corrected chi connectivity index (χ4v) is 5.79. The van der Waals surface area contributed by atoms with Gasteiger partial charge < -0.3 is 39.1 Å². The van der Waals surface area contributed by atoms with E-state index in [1.807, 2.05) is 50.2 Å². The first kappa shape index (κ1) is 31.9. The van der Waals surface area contributed by atoms with Crippen LogP contribution in [0.15, 0.2) is 48.5 Å². The number of aryl methyl sites for hydroxylation is 2. The topological polar surface area (TPSA) is 96.5 Å². The van der Waals surface area contributed by atoms with Crippen molar-refractivity contribution < 1.29 is 33.2 Å². The summed E-state index contributed by atoms with van der Waals surface area (Å²) >= 11 is 0. The third-order valence-electron chi connectivity index (χ3n) is 7.68. The van der Waals surface area contributed by atoms with Crippen LogP contribution in [0.5, 0.6) is 34.5 Å². The van der Waals surface area contributed by atoms with Gasteiger partial charge in [-0.25, -0.2) is 0 Å². The molecule has 44 heavy (non-hydrogen) atoms. The van der Waals surface area contributed by atoms with Gasteiger partial charge in [-0.1, -0.05) is 24.3 Å². The minimum atomic E-state index is -0.198. The lowest BCUT2D eigenvalue weighted by Crippen LogP contribution is -2.11. The molecule has 4 aromatic rings. The third kappa shape index (κ3) is 5.30. The van der Waals surface area contributed by atoms with E-state index in [9.17, 15) is 4.79 Å². The molecule has 9 nitrogen and oxygen atoms in total. The predicted octanol–water partition coefficient (Wildman–Crippen LogP) is 7.00. The molecule has 9 heteroatoms. The van der Waals surface area contributed by atoms with Gasteiger partial charge in [0, 0.05) is 36.3 Å². The van der Waals surface area contributed by atoms with Crippen molar-refractivity contribution in [2.75, 3.05) is 67.4 Å². The maximum Gasteiger partial charge on any atom is 0.197 e. The Hall–Kier alpha value is -5.05. The summed E-state index contributed by atoms with van der Waals surface area (Å²) in [5.41, 5.74) is 6.64. The number of rotatable bonds is 12. The molecule has 0 bridgehead atoms. The van der Waals surface area contributed by atoms with E-state index in [1.165, 1.54) is 0 Å². The monoisotopic (exact) mass is 600 g/mol. The lowest BCUT2D eigenvalue weighted by Gasteiger charge is -2.23. The Balaban J connectivity index is 1.99. The number of anilines is 2. The van der Waals surface area contributed by atoms with E-state index in [4.69, 9.17) is 28.4 Å². The molecular weight excluding hydrogens is 560 g/mol. The summed E-state index contributed by atoms with van der Waals surface area (Å²) in [4.78, 5) is 14.5. The highest BCUT2D eigenvalue weighted by molar-refractivity contribution is 6.18. The zero-order valence-electron chi connectivity index (χ0n) is 27.0. The van der Waals surface area contributed by atoms with Crippen molar-refractivity contribution in [2.24, 2.45) is 0 Å². The predicted molar refractivity (Wildman–Crippen MR) is 175 cm³/mol. The molecule has 0 aromatic heterocycles. The lowest BCUT2D eigenvalue weighted by molar-refractivity contribution is 0.104. The normalized spacial score (nSPS) is 10.6. The molecule has 0 aliphatic rings. The maximum absolute atomic E-state index is 14.5. The maximum atomic E-state index is 14.5. The van der Waals surface area contributed by atoms with Crippen LogP contribution in [-0.4, -0.2) is 62.5 Å². The molecule has 0 amide bonds. The fraction of sp³-hybridized carbons (Fsp3) is 0.286. The number of hydrogen-bond acceptors (Lipinski definition) is 9. The standard InChI is InChI=1S/C35H40N2O7/c1-19-17-25(39-5)27(34(43-9)32(19)41-7)21-13-11-15-23(29(21)36-3)31(38)24-16-12-14-22(30(24)37-4)28-26(40-6)18-20(2)33(42-8)35(28)44-10/h11-18,36-37H,1-10H3. The number of para-hydroxylation sites is 2. The van der Waals surface area contributed by atoms with Gasteiger partial charge in [-0.05, 0) is 49.2 Å². The fourth-order valence-electron chi connectivity index (χ4n) is 5.79. The first-order valence-electron chi connectivity index (χ1n) is 14.0. The minimum absolute atomic E-state index is 0.198. The summed E-state index contributed by atoms with van der Waals surface area (Å²) in [5.74, 6) is 3.17. The highest BCUT2D eigenvalue weighted by atomic mass is 16.5. The quantitative estimate of drug-likeness (QED) is 0.167. The van der Waals surface area contributed by atoms with Crippen molar-refractivity contribution in [3.63, 3.8) is 0 Å². The molecule has 4 rings (SSSR count). The third-order valence-corrected chi connectivity index (χ3v) is 7.68. The largest absolute Gasteiger partial charge is 0.496 e. The van der Waals surface area contributed by atoms with Crippen molar-refractivity contribution in [3.8, 4) is 56.8 Å². The number of ether oxygens (including phenoxy) is 6. The molecule has 0 atom stereocenters. The summed E-state index contributed by atoms with van der Waals surface area (Å²) in [6.45, 7) is 3.85. The smallest absolute Gasteiger partial charge is 0.197 e. The molecule has 0 aliphatic heterocycles. The van der Waals surface area contributed by atoms with Gasteiger partial charge >= 0.3 is 0 Å². The number of carbonyl (C=O) groups is 1. The zero-order valence-corrected chi connectivity index (χ0v) is 27.0. The molecule has 0 aliphatic carbocycles. The molecule has 0 spiro atoms. The van der Waals surface area contributed by atoms with Crippen molar-refractivity contribution in [1.29, 1.82) is 0 Å². The molecule has 0 unspecified atom stereocenters. The van der Waals surface area contributed by atoms with E-state index in [2.05, 4.69) is 10.6 Å². The summed E-state index contributed by atoms with van der Waals surface area (Å²) in [5, 5.41) is 6.52. The molecule has 232 valence electrons. The van der Waals surface area contributed by atoms with Crippen LogP contribution in [0, 0.1) is 13.8 Å². The van der Waals surface area contributed by atoms with E-state index in [0.717, 1.165) is 22.3 Å². The van der Waals surface area contributed by atoms with Crippen molar-refractivity contribution >= 4 is 17.2 Å². The van der Waals surface area contributed by atoms with E-state index >= 15 is 0 Å². The average molecular weight is 601 g/mol. The molecule has 0 fully saturated rings. The van der Waals surface area contributed by atoms with Crippen LogP contribution in [-0.2, 0) is 0 Å². The van der Waals surface area contributed by atoms with Crippen LogP contribution >= 0.6 is 0 Å². The Morgan fingerprint density at radius 3 is 1.20 bits per heavy atom. The molecule has 2 N–H and O–H groups in total. The summed E-state index contributed by atoms with van der Waals surface area (Å²) in [6.07, 6.45) is 0. The Bertz CT molecular complexity index is 1570. The second kappa shape index (κ2) is 13.5. The Morgan fingerprint density at radius 2 is 0.909 bits per heavy atom. The first-order chi connectivity index (χ1) is 21.3. The SMILES string of the molecule is CNc1c(C(=O)c2cccc(-c3c(OC)cc(C)c(OC)c3OC)c2NC)cccc1-c1c(OC)cc(C)c(OC)c1OC. The van der Waals surface area contributed by atoms with E-state index in [-0.39, 0.29) is 5.78 Å². The molecular formula is C35H40N2O7. The van der Waals surface area contributed by atoms with Crippen molar-refractivity contribution in [3.05, 3.63) is 70.8 Å². The highest BCUT2D eigenvalue weighted by Crippen LogP contribution is 2.51. The first-order valence-corrected chi connectivity index (χ1v) is 14.0. The van der Waals surface area contributed by atoms with Crippen LogP contribution in [0.3, 0.4) is 0 Å². The van der Waals surface area contributed by atoms with Crippen LogP contribution in [0.1, 0.15) is 27.0 Å². The van der Waals surface area contributed by atoms with Gasteiger partial charge in [0.2, 0.25) is 0 Å². The molecule has 0 saturated heterocycles. The van der Waals surface area contributed by atoms with Crippen LogP contribution in [0.4, 0.5) is 11.4 Å². The van der Waals surface area contributed by atoms with Gasteiger partial charge in [-0.2, -0.15) is 0 Å². The Labute approximate surface area is 259 Å². The molecule has 4 aromatic carbocycles. The van der Waals surface area contributed by atoms with Gasteiger partial charge in [-0.3, -0.25) is 4.79 Å². The lowest BCUT2D eigenvalue weighted by atomic mass is 9.90. The number of carbonyl (C=O) groups excluding carboxylic acids is 1. The van der Waals surface area contributed by atoms with Gasteiger partial charge in [0.25, 0.3) is 0 Å². The zero-order chi connectivity index (χ0) is 32.1.